The van der Waals surface area contributed by atoms with Gasteiger partial charge in [0.05, 0.1) is 21.4 Å². The van der Waals surface area contributed by atoms with Gasteiger partial charge >= 0.3 is 0 Å². The van der Waals surface area contributed by atoms with E-state index in [1.54, 1.807) is 0 Å². The summed E-state index contributed by atoms with van der Waals surface area (Å²) >= 11 is 12.0. The Labute approximate surface area is 145 Å². The highest BCUT2D eigenvalue weighted by molar-refractivity contribution is 9.10. The maximum Gasteiger partial charge on any atom is 0.131 e. The molecule has 7 heteroatoms. The third kappa shape index (κ3) is 3.64. The minimum atomic E-state index is 0.310. The van der Waals surface area contributed by atoms with Gasteiger partial charge in [0.1, 0.15) is 17.3 Å². The molecule has 0 aliphatic carbocycles. The second-order valence-corrected chi connectivity index (χ2v) is 6.63. The molecule has 2 N–H and O–H groups in total. The third-order valence-corrected chi connectivity index (χ3v) is 4.70. The first-order chi connectivity index (χ1) is 9.93. The van der Waals surface area contributed by atoms with Crippen LogP contribution in [0, 0.1) is 0 Å². The first-order valence-corrected chi connectivity index (χ1v) is 8.35. The quantitative estimate of drug-likeness (QED) is 0.731. The molecule has 0 atom stereocenters. The second kappa shape index (κ2) is 6.89. The van der Waals surface area contributed by atoms with Crippen LogP contribution in [0.25, 0.3) is 0 Å². The zero-order valence-electron chi connectivity index (χ0n) is 11.7. The van der Waals surface area contributed by atoms with Crippen LogP contribution in [0.4, 0.5) is 0 Å². The number of hydrogen-bond donors (Lipinski definition) is 1. The van der Waals surface area contributed by atoms with Crippen molar-refractivity contribution in [2.75, 3.05) is 0 Å². The van der Waals surface area contributed by atoms with Crippen molar-refractivity contribution < 1.29 is 4.74 Å². The summed E-state index contributed by atoms with van der Waals surface area (Å²) in [7, 11) is 1.90. The van der Waals surface area contributed by atoms with Gasteiger partial charge in [-0.2, -0.15) is 5.10 Å². The summed E-state index contributed by atoms with van der Waals surface area (Å²) in [5, 5.41) is 4.44. The number of halogens is 2. The first-order valence-electron chi connectivity index (χ1n) is 6.36. The van der Waals surface area contributed by atoms with Crippen LogP contribution in [0.15, 0.2) is 27.1 Å². The molecular formula is C14H15Br2N3OS. The minimum absolute atomic E-state index is 0.310. The minimum Gasteiger partial charge on any atom is -0.487 e. The van der Waals surface area contributed by atoms with Gasteiger partial charge in [0, 0.05) is 11.5 Å². The maximum absolute atomic E-state index is 5.88. The summed E-state index contributed by atoms with van der Waals surface area (Å²) < 4.78 is 9.60. The Kier molecular flexibility index (Phi) is 5.40. The van der Waals surface area contributed by atoms with E-state index in [0.29, 0.717) is 22.9 Å². The Bertz CT molecular complexity index is 685. The predicted octanol–water partition coefficient (Wildman–Crippen LogP) is 3.72. The van der Waals surface area contributed by atoms with Crippen LogP contribution in [0.1, 0.15) is 23.9 Å². The third-order valence-electron chi connectivity index (χ3n) is 3.07. The molecule has 0 amide bonds. The highest BCUT2D eigenvalue weighted by Crippen LogP contribution is 2.26. The maximum atomic E-state index is 5.88. The largest absolute Gasteiger partial charge is 0.487 e. The molecule has 0 bridgehead atoms. The summed E-state index contributed by atoms with van der Waals surface area (Å²) in [6.45, 7) is 2.46. The number of nitrogens with two attached hydrogens (primary N) is 1. The zero-order valence-corrected chi connectivity index (χ0v) is 15.7. The smallest absolute Gasteiger partial charge is 0.131 e. The van der Waals surface area contributed by atoms with Gasteiger partial charge < -0.3 is 10.5 Å². The van der Waals surface area contributed by atoms with Gasteiger partial charge in [0.15, 0.2) is 0 Å². The van der Waals surface area contributed by atoms with E-state index in [1.807, 2.05) is 29.9 Å². The van der Waals surface area contributed by atoms with Crippen LogP contribution in [0.5, 0.6) is 5.75 Å². The number of thiocarbonyl (C=S) groups is 1. The average Bonchev–Trinajstić information content (AvgIpc) is 2.72. The summed E-state index contributed by atoms with van der Waals surface area (Å²) in [5.74, 6) is 0.664. The second-order valence-electron chi connectivity index (χ2n) is 4.48. The SMILES string of the molecule is CCc1nn(C)c(COc2ccc(Br)cc2C(N)=S)c1Br. The van der Waals surface area contributed by atoms with Crippen LogP contribution in [-0.4, -0.2) is 14.8 Å². The van der Waals surface area contributed by atoms with Gasteiger partial charge in [-0.1, -0.05) is 35.1 Å². The molecule has 1 heterocycles. The fourth-order valence-electron chi connectivity index (χ4n) is 1.94. The summed E-state index contributed by atoms with van der Waals surface area (Å²) in [6.07, 6.45) is 0.866. The van der Waals surface area contributed by atoms with E-state index in [0.717, 1.165) is 26.8 Å². The summed E-state index contributed by atoms with van der Waals surface area (Å²) in [4.78, 5) is 0.310. The van der Waals surface area contributed by atoms with Crippen LogP contribution in [-0.2, 0) is 20.1 Å². The van der Waals surface area contributed by atoms with E-state index in [-0.39, 0.29) is 0 Å². The highest BCUT2D eigenvalue weighted by Gasteiger charge is 2.14. The lowest BCUT2D eigenvalue weighted by Gasteiger charge is -2.11. The lowest BCUT2D eigenvalue weighted by molar-refractivity contribution is 0.293. The normalized spacial score (nSPS) is 10.7. The molecule has 112 valence electrons. The van der Waals surface area contributed by atoms with Crippen molar-refractivity contribution in [3.8, 4) is 5.75 Å². The Morgan fingerprint density at radius 2 is 2.14 bits per heavy atom. The van der Waals surface area contributed by atoms with Gasteiger partial charge in [-0.15, -0.1) is 0 Å². The van der Waals surface area contributed by atoms with Gasteiger partial charge in [-0.3, -0.25) is 4.68 Å². The number of rotatable bonds is 5. The molecule has 0 spiro atoms. The Balaban J connectivity index is 2.25. The first kappa shape index (κ1) is 16.5. The number of ether oxygens (including phenoxy) is 1. The molecule has 21 heavy (non-hydrogen) atoms. The summed E-state index contributed by atoms with van der Waals surface area (Å²) in [5.41, 5.74) is 8.45. The molecule has 0 aliphatic heterocycles. The van der Waals surface area contributed by atoms with Crippen LogP contribution in [0.2, 0.25) is 0 Å². The van der Waals surface area contributed by atoms with Crippen LogP contribution < -0.4 is 10.5 Å². The fraction of sp³-hybridized carbons (Fsp3) is 0.286. The van der Waals surface area contributed by atoms with E-state index < -0.39 is 0 Å². The number of nitrogens with zero attached hydrogens (tertiary/aromatic N) is 2. The molecule has 2 aromatic rings. The summed E-state index contributed by atoms with van der Waals surface area (Å²) in [6, 6.07) is 5.60. The molecule has 0 fully saturated rings. The van der Waals surface area contributed by atoms with E-state index in [4.69, 9.17) is 22.7 Å². The van der Waals surface area contributed by atoms with Gasteiger partial charge in [0.25, 0.3) is 0 Å². The van der Waals surface area contributed by atoms with E-state index >= 15 is 0 Å². The van der Waals surface area contributed by atoms with Crippen molar-refractivity contribution in [1.82, 2.24) is 9.78 Å². The number of aryl methyl sites for hydroxylation is 2. The van der Waals surface area contributed by atoms with Gasteiger partial charge in [-0.05, 0) is 40.5 Å². The Hall–Kier alpha value is -0.920. The molecule has 0 radical (unpaired) electrons. The van der Waals surface area contributed by atoms with Crippen molar-refractivity contribution in [2.24, 2.45) is 12.8 Å². The molecule has 2 rings (SSSR count). The highest BCUT2D eigenvalue weighted by atomic mass is 79.9. The van der Waals surface area contributed by atoms with E-state index in [9.17, 15) is 0 Å². The monoisotopic (exact) mass is 431 g/mol. The van der Waals surface area contributed by atoms with Crippen molar-refractivity contribution >= 4 is 49.1 Å². The molecule has 1 aromatic heterocycles. The van der Waals surface area contributed by atoms with Crippen molar-refractivity contribution in [2.45, 2.75) is 20.0 Å². The molecular weight excluding hydrogens is 418 g/mol. The van der Waals surface area contributed by atoms with Crippen LogP contribution >= 0.6 is 44.1 Å². The molecule has 0 unspecified atom stereocenters. The van der Waals surface area contributed by atoms with Crippen molar-refractivity contribution in [1.29, 1.82) is 0 Å². The topological polar surface area (TPSA) is 53.1 Å². The lowest BCUT2D eigenvalue weighted by Crippen LogP contribution is -2.12. The fourth-order valence-corrected chi connectivity index (χ4v) is 3.19. The molecule has 0 saturated carbocycles. The molecule has 4 nitrogen and oxygen atoms in total. The Morgan fingerprint density at radius 3 is 2.71 bits per heavy atom. The van der Waals surface area contributed by atoms with E-state index in [1.165, 1.54) is 0 Å². The standard InChI is InChI=1S/C14H15Br2N3OS/c1-3-10-13(16)11(19(2)18-10)7-20-12-5-4-8(15)6-9(12)14(17)21/h4-6H,3,7H2,1-2H3,(H2,17,21). The number of benzene rings is 1. The zero-order chi connectivity index (χ0) is 15.6. The van der Waals surface area contributed by atoms with Gasteiger partial charge in [0.2, 0.25) is 0 Å². The van der Waals surface area contributed by atoms with Gasteiger partial charge in [-0.25, -0.2) is 0 Å². The number of hydrogen-bond acceptors (Lipinski definition) is 3. The average molecular weight is 433 g/mol. The molecule has 0 saturated heterocycles. The van der Waals surface area contributed by atoms with Crippen molar-refractivity contribution in [3.63, 3.8) is 0 Å². The van der Waals surface area contributed by atoms with Crippen molar-refractivity contribution in [3.05, 3.63) is 44.1 Å². The molecule has 0 aliphatic rings. The van der Waals surface area contributed by atoms with E-state index in [2.05, 4.69) is 43.9 Å². The number of aromatic nitrogens is 2. The molecule has 1 aromatic carbocycles. The Morgan fingerprint density at radius 1 is 1.43 bits per heavy atom. The van der Waals surface area contributed by atoms with Crippen LogP contribution in [0.3, 0.4) is 0 Å². The predicted molar refractivity (Wildman–Crippen MR) is 94.6 cm³/mol. The lowest BCUT2D eigenvalue weighted by atomic mass is 10.2.